The van der Waals surface area contributed by atoms with Gasteiger partial charge in [0.1, 0.15) is 6.04 Å². The Morgan fingerprint density at radius 1 is 1.19 bits per heavy atom. The number of carbonyl (C=O) groups excluding carboxylic acids is 2. The first-order valence-corrected chi connectivity index (χ1v) is 9.08. The van der Waals surface area contributed by atoms with Crippen molar-refractivity contribution in [2.75, 3.05) is 13.1 Å². The molecule has 1 aliphatic rings. The van der Waals surface area contributed by atoms with Gasteiger partial charge in [0.25, 0.3) is 0 Å². The Labute approximate surface area is 154 Å². The lowest BCUT2D eigenvalue weighted by Crippen LogP contribution is -2.53. The van der Waals surface area contributed by atoms with Crippen molar-refractivity contribution >= 4 is 23.7 Å². The Morgan fingerprint density at radius 2 is 1.77 bits per heavy atom. The molecule has 0 radical (unpaired) electrons. The largest absolute Gasteiger partial charge is 0.481 e. The van der Waals surface area contributed by atoms with Crippen molar-refractivity contribution in [3.8, 4) is 0 Å². The molecule has 1 aliphatic carbocycles. The molecule has 1 rings (SSSR count). The quantitative estimate of drug-likeness (QED) is 0.329. The highest BCUT2D eigenvalue weighted by Crippen LogP contribution is 2.36. The molecule has 0 aromatic heterocycles. The zero-order valence-corrected chi connectivity index (χ0v) is 15.8. The highest BCUT2D eigenvalue weighted by atomic mass is 16.4. The summed E-state index contributed by atoms with van der Waals surface area (Å²) in [6.45, 7) is 6.43. The van der Waals surface area contributed by atoms with Crippen molar-refractivity contribution in [3.63, 3.8) is 0 Å². The first-order chi connectivity index (χ1) is 12.2. The van der Waals surface area contributed by atoms with E-state index in [0.717, 1.165) is 12.8 Å². The van der Waals surface area contributed by atoms with E-state index in [0.29, 0.717) is 13.1 Å². The molecule has 0 aromatic rings. The third kappa shape index (κ3) is 5.89. The number of nitrogens with zero attached hydrogens (tertiary/aromatic N) is 2. The SMILES string of the molecule is CCCN(CCC)C(=O)C(NC(C)=O)[C@@H]1CC(C(=O)O)C[C@H]1N=C(N)N. The molecule has 26 heavy (non-hydrogen) atoms. The van der Waals surface area contributed by atoms with Crippen LogP contribution in [-0.4, -0.2) is 58.9 Å². The first-order valence-electron chi connectivity index (χ1n) is 9.08. The summed E-state index contributed by atoms with van der Waals surface area (Å²) in [6, 6.07) is -1.37. The van der Waals surface area contributed by atoms with Gasteiger partial charge in [-0.15, -0.1) is 0 Å². The second-order valence-electron chi connectivity index (χ2n) is 6.80. The average Bonchev–Trinajstić information content (AvgIpc) is 2.94. The molecule has 2 amide bonds. The van der Waals surface area contributed by atoms with Gasteiger partial charge in [-0.05, 0) is 25.7 Å². The predicted octanol–water partition coefficient (Wildman–Crippen LogP) is -0.107. The van der Waals surface area contributed by atoms with Crippen molar-refractivity contribution in [2.45, 2.75) is 58.5 Å². The van der Waals surface area contributed by atoms with Crippen LogP contribution in [-0.2, 0) is 14.4 Å². The van der Waals surface area contributed by atoms with Crippen molar-refractivity contribution < 1.29 is 19.5 Å². The van der Waals surface area contributed by atoms with Gasteiger partial charge in [0.05, 0.1) is 12.0 Å². The van der Waals surface area contributed by atoms with Gasteiger partial charge in [-0.2, -0.15) is 0 Å². The normalized spacial score (nSPS) is 23.1. The fourth-order valence-corrected chi connectivity index (χ4v) is 3.59. The maximum atomic E-state index is 13.1. The third-order valence-corrected chi connectivity index (χ3v) is 4.59. The topological polar surface area (TPSA) is 151 Å². The van der Waals surface area contributed by atoms with E-state index in [9.17, 15) is 19.5 Å². The van der Waals surface area contributed by atoms with E-state index in [1.54, 1.807) is 4.90 Å². The second-order valence-corrected chi connectivity index (χ2v) is 6.80. The first kappa shape index (κ1) is 21.7. The van der Waals surface area contributed by atoms with Crippen LogP contribution >= 0.6 is 0 Å². The number of hydrogen-bond acceptors (Lipinski definition) is 4. The van der Waals surface area contributed by atoms with Crippen molar-refractivity contribution in [1.29, 1.82) is 0 Å². The van der Waals surface area contributed by atoms with Crippen LogP contribution in [0, 0.1) is 11.8 Å². The number of aliphatic imine (C=N–C) groups is 1. The summed E-state index contributed by atoms with van der Waals surface area (Å²) in [4.78, 5) is 42.1. The molecule has 0 spiro atoms. The van der Waals surface area contributed by atoms with E-state index >= 15 is 0 Å². The van der Waals surface area contributed by atoms with Crippen LogP contribution in [0.4, 0.5) is 0 Å². The number of carboxylic acid groups (broad SMARTS) is 1. The van der Waals surface area contributed by atoms with E-state index < -0.39 is 29.9 Å². The van der Waals surface area contributed by atoms with Gasteiger partial charge in [0.2, 0.25) is 11.8 Å². The van der Waals surface area contributed by atoms with Crippen LogP contribution in [0.2, 0.25) is 0 Å². The van der Waals surface area contributed by atoms with Gasteiger partial charge in [-0.3, -0.25) is 14.4 Å². The summed E-state index contributed by atoms with van der Waals surface area (Å²) in [5.74, 6) is -2.78. The minimum Gasteiger partial charge on any atom is -0.481 e. The highest BCUT2D eigenvalue weighted by molar-refractivity contribution is 5.87. The fourth-order valence-electron chi connectivity index (χ4n) is 3.59. The van der Waals surface area contributed by atoms with Gasteiger partial charge in [-0.1, -0.05) is 13.8 Å². The number of nitrogens with two attached hydrogens (primary N) is 2. The van der Waals surface area contributed by atoms with Crippen LogP contribution in [0.25, 0.3) is 0 Å². The summed E-state index contributed by atoms with van der Waals surface area (Å²) in [5.41, 5.74) is 11.0. The smallest absolute Gasteiger partial charge is 0.306 e. The Bertz CT molecular complexity index is 541. The van der Waals surface area contributed by atoms with E-state index in [1.807, 2.05) is 13.8 Å². The number of carboxylic acids is 1. The molecule has 6 N–H and O–H groups in total. The molecule has 0 aliphatic heterocycles. The van der Waals surface area contributed by atoms with Crippen molar-refractivity contribution in [1.82, 2.24) is 10.2 Å². The fraction of sp³-hybridized carbons (Fsp3) is 0.765. The van der Waals surface area contributed by atoms with E-state index in [2.05, 4.69) is 10.3 Å². The molecule has 1 saturated carbocycles. The molecule has 9 nitrogen and oxygen atoms in total. The van der Waals surface area contributed by atoms with Crippen LogP contribution in [0.1, 0.15) is 46.5 Å². The molecule has 2 unspecified atom stereocenters. The van der Waals surface area contributed by atoms with E-state index in [4.69, 9.17) is 11.5 Å². The standard InChI is InChI=1S/C17H31N5O4/c1-4-6-22(7-5-2)15(24)14(20-10(3)23)12-8-11(16(25)26)9-13(12)21-17(18)19/h11-14H,4-9H2,1-3H3,(H,20,23)(H,25,26)(H4,18,19,21)/t11?,12-,13-,14?/m1/s1. The number of amides is 2. The molecule has 4 atom stereocenters. The Hall–Kier alpha value is -2.32. The lowest BCUT2D eigenvalue weighted by molar-refractivity contribution is -0.142. The molecule has 0 saturated heterocycles. The summed E-state index contributed by atoms with van der Waals surface area (Å²) in [7, 11) is 0. The number of aliphatic carboxylic acids is 1. The zero-order valence-electron chi connectivity index (χ0n) is 15.8. The molecule has 148 valence electrons. The van der Waals surface area contributed by atoms with Crippen LogP contribution < -0.4 is 16.8 Å². The predicted molar refractivity (Wildman–Crippen MR) is 98.2 cm³/mol. The van der Waals surface area contributed by atoms with E-state index in [-0.39, 0.29) is 30.6 Å². The van der Waals surface area contributed by atoms with E-state index in [1.165, 1.54) is 6.92 Å². The minimum atomic E-state index is -0.948. The number of hydrogen-bond donors (Lipinski definition) is 4. The number of rotatable bonds is 9. The number of carbonyl (C=O) groups is 3. The van der Waals surface area contributed by atoms with Gasteiger partial charge in [0.15, 0.2) is 5.96 Å². The van der Waals surface area contributed by atoms with Gasteiger partial charge < -0.3 is 26.8 Å². The van der Waals surface area contributed by atoms with Gasteiger partial charge in [0, 0.05) is 25.9 Å². The summed E-state index contributed by atoms with van der Waals surface area (Å²) >= 11 is 0. The lowest BCUT2D eigenvalue weighted by atomic mass is 9.92. The maximum Gasteiger partial charge on any atom is 0.306 e. The number of guanidine groups is 1. The summed E-state index contributed by atoms with van der Waals surface area (Å²) in [5, 5.41) is 12.1. The maximum absolute atomic E-state index is 13.1. The van der Waals surface area contributed by atoms with Crippen LogP contribution in [0.15, 0.2) is 4.99 Å². The summed E-state index contributed by atoms with van der Waals surface area (Å²) in [6.07, 6.45) is 2.05. The lowest BCUT2D eigenvalue weighted by Gasteiger charge is -2.32. The minimum absolute atomic E-state index is 0.154. The Balaban J connectivity index is 3.18. The molecule has 0 aromatic carbocycles. The third-order valence-electron chi connectivity index (χ3n) is 4.59. The molecule has 0 heterocycles. The van der Waals surface area contributed by atoms with Crippen molar-refractivity contribution in [2.24, 2.45) is 28.3 Å². The monoisotopic (exact) mass is 369 g/mol. The molecular weight excluding hydrogens is 338 g/mol. The molecule has 9 heteroatoms. The number of nitrogens with one attached hydrogen (secondary N) is 1. The molecule has 1 fully saturated rings. The molecule has 0 bridgehead atoms. The summed E-state index contributed by atoms with van der Waals surface area (Å²) < 4.78 is 0. The Kier molecular flexibility index (Phi) is 8.34. The zero-order chi connectivity index (χ0) is 19.9. The van der Waals surface area contributed by atoms with Gasteiger partial charge >= 0.3 is 5.97 Å². The second kappa shape index (κ2) is 9.98. The van der Waals surface area contributed by atoms with Crippen LogP contribution in [0.3, 0.4) is 0 Å². The molecular formula is C17H31N5O4. The van der Waals surface area contributed by atoms with Crippen LogP contribution in [0.5, 0.6) is 0 Å². The van der Waals surface area contributed by atoms with Gasteiger partial charge in [-0.25, -0.2) is 4.99 Å². The van der Waals surface area contributed by atoms with Crippen molar-refractivity contribution in [3.05, 3.63) is 0 Å². The average molecular weight is 369 g/mol. The highest BCUT2D eigenvalue weighted by Gasteiger charge is 2.45. The Morgan fingerprint density at radius 3 is 2.19 bits per heavy atom.